The van der Waals surface area contributed by atoms with Crippen LogP contribution in [0, 0.1) is 3.57 Å². The van der Waals surface area contributed by atoms with Crippen LogP contribution < -0.4 is 5.32 Å². The van der Waals surface area contributed by atoms with E-state index in [1.54, 1.807) is 10.9 Å². The number of carbonyl (C=O) groups is 1. The molecule has 0 aliphatic heterocycles. The Morgan fingerprint density at radius 3 is 2.71 bits per heavy atom. The first-order valence-corrected chi connectivity index (χ1v) is 6.74. The molecule has 2 aromatic rings. The van der Waals surface area contributed by atoms with Crippen molar-refractivity contribution in [1.82, 2.24) is 9.78 Å². The van der Waals surface area contributed by atoms with E-state index in [9.17, 15) is 4.79 Å². The summed E-state index contributed by atoms with van der Waals surface area (Å²) in [7, 11) is 0. The summed E-state index contributed by atoms with van der Waals surface area (Å²) in [5.74, 6) is -0.0909. The maximum absolute atomic E-state index is 11.7. The van der Waals surface area contributed by atoms with E-state index in [0.717, 1.165) is 13.7 Å². The van der Waals surface area contributed by atoms with Gasteiger partial charge in [0.05, 0.1) is 9.77 Å². The number of nitrogens with one attached hydrogen (secondary N) is 1. The average Bonchev–Trinajstić information content (AvgIpc) is 2.67. The molecule has 0 radical (unpaired) electrons. The normalized spacial score (nSPS) is 10.2. The lowest BCUT2D eigenvalue weighted by Crippen LogP contribution is -2.18. The smallest absolute Gasteiger partial charge is 0.246 e. The summed E-state index contributed by atoms with van der Waals surface area (Å²) in [6.07, 6.45) is 3.54. The number of halogens is 2. The van der Waals surface area contributed by atoms with Crippen LogP contribution in [0.15, 0.2) is 41.1 Å². The van der Waals surface area contributed by atoms with Gasteiger partial charge in [0.2, 0.25) is 5.91 Å². The number of anilines is 1. The van der Waals surface area contributed by atoms with Gasteiger partial charge in [0.25, 0.3) is 0 Å². The predicted octanol–water partition coefficient (Wildman–Crippen LogP) is 2.89. The Bertz CT molecular complexity index is 524. The lowest BCUT2D eigenvalue weighted by atomic mass is 10.3. The molecule has 2 rings (SSSR count). The summed E-state index contributed by atoms with van der Waals surface area (Å²) in [6, 6.07) is 7.45. The predicted molar refractivity (Wildman–Crippen MR) is 77.7 cm³/mol. The number of amides is 1. The summed E-state index contributed by atoms with van der Waals surface area (Å²) < 4.78 is 3.60. The number of nitrogens with zero attached hydrogens (tertiary/aromatic N) is 2. The van der Waals surface area contributed by atoms with Crippen molar-refractivity contribution >= 4 is 50.1 Å². The molecule has 1 aromatic heterocycles. The van der Waals surface area contributed by atoms with Gasteiger partial charge >= 0.3 is 0 Å². The van der Waals surface area contributed by atoms with Crippen LogP contribution in [0.1, 0.15) is 0 Å². The number of aromatic nitrogens is 2. The number of carbonyl (C=O) groups excluding carboxylic acids is 1. The zero-order valence-corrected chi connectivity index (χ0v) is 12.5. The average molecular weight is 406 g/mol. The van der Waals surface area contributed by atoms with Gasteiger partial charge in [-0.05, 0) is 46.9 Å². The molecule has 0 spiro atoms. The highest BCUT2D eigenvalue weighted by Gasteiger charge is 2.04. The van der Waals surface area contributed by atoms with E-state index in [1.165, 1.54) is 0 Å². The Balaban J connectivity index is 1.95. The fourth-order valence-corrected chi connectivity index (χ4v) is 2.02. The fraction of sp³-hybridized carbons (Fsp3) is 0.0909. The van der Waals surface area contributed by atoms with E-state index in [-0.39, 0.29) is 12.5 Å². The maximum Gasteiger partial charge on any atom is 0.246 e. The summed E-state index contributed by atoms with van der Waals surface area (Å²) in [4.78, 5) is 11.7. The molecule has 4 nitrogen and oxygen atoms in total. The maximum atomic E-state index is 11.7. The molecule has 0 saturated heterocycles. The van der Waals surface area contributed by atoms with Gasteiger partial charge in [-0.15, -0.1) is 0 Å². The first kappa shape index (κ1) is 12.6. The SMILES string of the molecule is O=C(Cn1cc(I)cn1)Nc1ccc(Br)cc1. The molecule has 0 unspecified atom stereocenters. The minimum atomic E-state index is -0.0909. The second-order valence-electron chi connectivity index (χ2n) is 3.41. The van der Waals surface area contributed by atoms with Crippen molar-refractivity contribution in [3.8, 4) is 0 Å². The third-order valence-electron chi connectivity index (χ3n) is 2.04. The van der Waals surface area contributed by atoms with Gasteiger partial charge in [0, 0.05) is 16.4 Å². The Hall–Kier alpha value is -0.890. The quantitative estimate of drug-likeness (QED) is 0.798. The second kappa shape index (κ2) is 5.63. The molecule has 17 heavy (non-hydrogen) atoms. The molecule has 1 amide bonds. The Kier molecular flexibility index (Phi) is 4.16. The third kappa shape index (κ3) is 3.81. The van der Waals surface area contributed by atoms with Crippen LogP contribution >= 0.6 is 38.5 Å². The molecule has 0 atom stereocenters. The zero-order valence-electron chi connectivity index (χ0n) is 8.73. The first-order valence-electron chi connectivity index (χ1n) is 4.87. The molecule has 0 bridgehead atoms. The van der Waals surface area contributed by atoms with Gasteiger partial charge in [0.15, 0.2) is 0 Å². The van der Waals surface area contributed by atoms with E-state index in [4.69, 9.17) is 0 Å². The van der Waals surface area contributed by atoms with Crippen molar-refractivity contribution in [3.63, 3.8) is 0 Å². The van der Waals surface area contributed by atoms with Crippen LogP contribution in [0.4, 0.5) is 5.69 Å². The van der Waals surface area contributed by atoms with Crippen molar-refractivity contribution in [2.75, 3.05) is 5.32 Å². The summed E-state index contributed by atoms with van der Waals surface area (Å²) in [5.41, 5.74) is 0.778. The van der Waals surface area contributed by atoms with Gasteiger partial charge in [0.1, 0.15) is 6.54 Å². The highest BCUT2D eigenvalue weighted by molar-refractivity contribution is 14.1. The molecule has 0 fully saturated rings. The molecule has 0 aliphatic carbocycles. The third-order valence-corrected chi connectivity index (χ3v) is 3.12. The lowest BCUT2D eigenvalue weighted by molar-refractivity contribution is -0.116. The molecule has 0 aliphatic rings. The Labute approximate surface area is 121 Å². The highest BCUT2D eigenvalue weighted by Crippen LogP contribution is 2.14. The molecule has 1 heterocycles. The van der Waals surface area contributed by atoms with E-state index < -0.39 is 0 Å². The van der Waals surface area contributed by atoms with Crippen LogP contribution in [0.2, 0.25) is 0 Å². The molecular weight excluding hydrogens is 397 g/mol. The second-order valence-corrected chi connectivity index (χ2v) is 5.57. The molecular formula is C11H9BrIN3O. The highest BCUT2D eigenvalue weighted by atomic mass is 127. The van der Waals surface area contributed by atoms with Gasteiger partial charge in [-0.3, -0.25) is 9.48 Å². The van der Waals surface area contributed by atoms with E-state index >= 15 is 0 Å². The van der Waals surface area contributed by atoms with Crippen LogP contribution in [-0.4, -0.2) is 15.7 Å². The minimum absolute atomic E-state index is 0.0909. The molecule has 1 N–H and O–H groups in total. The number of hydrogen-bond acceptors (Lipinski definition) is 2. The van der Waals surface area contributed by atoms with Gasteiger partial charge in [-0.1, -0.05) is 15.9 Å². The molecule has 88 valence electrons. The lowest BCUT2D eigenvalue weighted by Gasteiger charge is -2.05. The van der Waals surface area contributed by atoms with Crippen molar-refractivity contribution in [2.45, 2.75) is 6.54 Å². The van der Waals surface area contributed by atoms with Crippen LogP contribution in [0.25, 0.3) is 0 Å². The van der Waals surface area contributed by atoms with E-state index in [0.29, 0.717) is 0 Å². The Morgan fingerprint density at radius 2 is 2.12 bits per heavy atom. The molecule has 6 heteroatoms. The van der Waals surface area contributed by atoms with Crippen molar-refractivity contribution in [3.05, 3.63) is 44.7 Å². The number of rotatable bonds is 3. The van der Waals surface area contributed by atoms with E-state index in [1.807, 2.05) is 30.5 Å². The van der Waals surface area contributed by atoms with Crippen LogP contribution in [0.5, 0.6) is 0 Å². The van der Waals surface area contributed by atoms with Crippen LogP contribution in [0.3, 0.4) is 0 Å². The minimum Gasteiger partial charge on any atom is -0.324 e. The van der Waals surface area contributed by atoms with Gasteiger partial charge < -0.3 is 5.32 Å². The Morgan fingerprint density at radius 1 is 1.41 bits per heavy atom. The number of benzene rings is 1. The first-order chi connectivity index (χ1) is 8.13. The van der Waals surface area contributed by atoms with Crippen LogP contribution in [-0.2, 0) is 11.3 Å². The summed E-state index contributed by atoms with van der Waals surface area (Å²) in [6.45, 7) is 0.221. The number of hydrogen-bond donors (Lipinski definition) is 1. The summed E-state index contributed by atoms with van der Waals surface area (Å²) in [5, 5.41) is 6.86. The van der Waals surface area contributed by atoms with E-state index in [2.05, 4.69) is 48.9 Å². The van der Waals surface area contributed by atoms with Crippen molar-refractivity contribution in [2.24, 2.45) is 0 Å². The van der Waals surface area contributed by atoms with Crippen molar-refractivity contribution in [1.29, 1.82) is 0 Å². The van der Waals surface area contributed by atoms with Gasteiger partial charge in [-0.2, -0.15) is 5.10 Å². The zero-order chi connectivity index (χ0) is 12.3. The van der Waals surface area contributed by atoms with Crippen molar-refractivity contribution < 1.29 is 4.79 Å². The standard InChI is InChI=1S/C11H9BrIN3O/c12-8-1-3-10(4-2-8)15-11(17)7-16-6-9(13)5-14-16/h1-6H,7H2,(H,15,17). The monoisotopic (exact) mass is 405 g/mol. The topological polar surface area (TPSA) is 46.9 Å². The van der Waals surface area contributed by atoms with Gasteiger partial charge in [-0.25, -0.2) is 0 Å². The summed E-state index contributed by atoms with van der Waals surface area (Å²) >= 11 is 5.49. The molecule has 1 aromatic carbocycles. The largest absolute Gasteiger partial charge is 0.324 e. The fourth-order valence-electron chi connectivity index (χ4n) is 1.31. The molecule has 0 saturated carbocycles.